The Morgan fingerprint density at radius 1 is 1.11 bits per heavy atom. The fourth-order valence-corrected chi connectivity index (χ4v) is 3.16. The molecule has 138 valence electrons. The Hall–Kier alpha value is -3.15. The van der Waals surface area contributed by atoms with Gasteiger partial charge in [-0.1, -0.05) is 42.4 Å². The van der Waals surface area contributed by atoms with Crippen LogP contribution >= 0.6 is 0 Å². The molecule has 0 spiro atoms. The summed E-state index contributed by atoms with van der Waals surface area (Å²) < 4.78 is 5.60. The number of amides is 2. The highest BCUT2D eigenvalue weighted by Crippen LogP contribution is 2.52. The summed E-state index contributed by atoms with van der Waals surface area (Å²) in [7, 11) is 0. The Morgan fingerprint density at radius 3 is 2.52 bits per heavy atom. The van der Waals surface area contributed by atoms with Crippen LogP contribution in [-0.2, 0) is 5.41 Å². The van der Waals surface area contributed by atoms with Gasteiger partial charge in [-0.2, -0.15) is 4.98 Å². The van der Waals surface area contributed by atoms with Gasteiger partial charge in [0.05, 0.1) is 5.41 Å². The molecule has 1 fully saturated rings. The smallest absolute Gasteiger partial charge is 0.319 e. The van der Waals surface area contributed by atoms with E-state index in [0.717, 1.165) is 30.5 Å². The van der Waals surface area contributed by atoms with Gasteiger partial charge in [0.2, 0.25) is 11.7 Å². The van der Waals surface area contributed by atoms with Crippen molar-refractivity contribution in [2.75, 3.05) is 11.9 Å². The van der Waals surface area contributed by atoms with E-state index < -0.39 is 0 Å². The molecule has 2 N–H and O–H groups in total. The number of nitrogens with zero attached hydrogens (tertiary/aromatic N) is 2. The molecule has 1 aromatic heterocycles. The van der Waals surface area contributed by atoms with E-state index in [1.807, 2.05) is 49.4 Å². The number of hydrogen-bond acceptors (Lipinski definition) is 4. The molecule has 6 nitrogen and oxygen atoms in total. The van der Waals surface area contributed by atoms with Gasteiger partial charge in [0, 0.05) is 17.8 Å². The minimum absolute atomic E-state index is 0.134. The number of carbonyl (C=O) groups is 1. The molecule has 0 unspecified atom stereocenters. The highest BCUT2D eigenvalue weighted by Gasteiger charge is 2.50. The van der Waals surface area contributed by atoms with Gasteiger partial charge >= 0.3 is 6.03 Å². The van der Waals surface area contributed by atoms with Crippen molar-refractivity contribution in [3.63, 3.8) is 0 Å². The van der Waals surface area contributed by atoms with Crippen LogP contribution < -0.4 is 10.6 Å². The molecular weight excluding hydrogens is 340 g/mol. The van der Waals surface area contributed by atoms with E-state index in [1.165, 1.54) is 5.56 Å². The molecule has 1 aliphatic rings. The molecular formula is C21H22N4O2. The minimum Gasteiger partial charge on any atom is -0.338 e. The highest BCUT2D eigenvalue weighted by atomic mass is 16.5. The molecule has 0 bridgehead atoms. The third-order valence-electron chi connectivity index (χ3n) is 4.85. The molecule has 2 aromatic carbocycles. The van der Waals surface area contributed by atoms with Crippen LogP contribution in [0.15, 0.2) is 59.1 Å². The van der Waals surface area contributed by atoms with Crippen molar-refractivity contribution >= 4 is 11.7 Å². The summed E-state index contributed by atoms with van der Waals surface area (Å²) in [6.45, 7) is 2.66. The average Bonchev–Trinajstić information content (AvgIpc) is 3.37. The maximum Gasteiger partial charge on any atom is 0.319 e. The number of hydrogen-bond donors (Lipinski definition) is 2. The van der Waals surface area contributed by atoms with Crippen LogP contribution in [0.3, 0.4) is 0 Å². The van der Waals surface area contributed by atoms with Gasteiger partial charge in [-0.25, -0.2) is 4.79 Å². The highest BCUT2D eigenvalue weighted by molar-refractivity contribution is 5.89. The van der Waals surface area contributed by atoms with E-state index in [0.29, 0.717) is 18.3 Å². The Bertz CT molecular complexity index is 915. The van der Waals surface area contributed by atoms with Crippen molar-refractivity contribution in [1.29, 1.82) is 0 Å². The zero-order valence-corrected chi connectivity index (χ0v) is 15.2. The summed E-state index contributed by atoms with van der Waals surface area (Å²) in [6, 6.07) is 17.5. The Kier molecular flexibility index (Phi) is 4.62. The predicted molar refractivity (Wildman–Crippen MR) is 104 cm³/mol. The van der Waals surface area contributed by atoms with E-state index in [9.17, 15) is 4.79 Å². The molecule has 6 heteroatoms. The number of anilines is 1. The van der Waals surface area contributed by atoms with Crippen LogP contribution in [0.25, 0.3) is 11.4 Å². The molecule has 2 amide bonds. The molecule has 1 aliphatic carbocycles. The second-order valence-electron chi connectivity index (χ2n) is 6.83. The normalized spacial score (nSPS) is 14.6. The first-order chi connectivity index (χ1) is 13.2. The van der Waals surface area contributed by atoms with E-state index >= 15 is 0 Å². The minimum atomic E-state index is -0.204. The molecule has 4 rings (SSSR count). The summed E-state index contributed by atoms with van der Waals surface area (Å²) in [5.74, 6) is 1.24. The number of carbonyl (C=O) groups excluding carboxylic acids is 1. The van der Waals surface area contributed by atoms with Crippen molar-refractivity contribution in [3.8, 4) is 11.4 Å². The lowest BCUT2D eigenvalue weighted by Gasteiger charge is -2.09. The van der Waals surface area contributed by atoms with Gasteiger partial charge < -0.3 is 15.2 Å². The van der Waals surface area contributed by atoms with Crippen LogP contribution in [-0.4, -0.2) is 22.7 Å². The zero-order valence-electron chi connectivity index (χ0n) is 15.2. The summed E-state index contributed by atoms with van der Waals surface area (Å²) in [6.07, 6.45) is 2.94. The third-order valence-corrected chi connectivity index (χ3v) is 4.85. The maximum atomic E-state index is 11.7. The van der Waals surface area contributed by atoms with Gasteiger partial charge in [0.15, 0.2) is 0 Å². The second kappa shape index (κ2) is 7.23. The number of urea groups is 1. The average molecular weight is 362 g/mol. The van der Waals surface area contributed by atoms with Crippen molar-refractivity contribution in [1.82, 2.24) is 15.5 Å². The summed E-state index contributed by atoms with van der Waals surface area (Å²) in [5.41, 5.74) is 2.66. The molecule has 0 saturated heterocycles. The standard InChI is InChI=1S/C21H22N4O2/c1-2-14-22-20(26)23-17-10-8-15(9-11-17)18-24-19(27-25-18)21(12-13-21)16-6-4-3-5-7-16/h3-11H,2,12-14H2,1H3,(H2,22,23,26). The van der Waals surface area contributed by atoms with E-state index in [4.69, 9.17) is 4.52 Å². The Morgan fingerprint density at radius 2 is 1.85 bits per heavy atom. The monoisotopic (exact) mass is 362 g/mol. The Balaban J connectivity index is 1.48. The zero-order chi connectivity index (χ0) is 18.7. The fourth-order valence-electron chi connectivity index (χ4n) is 3.16. The predicted octanol–water partition coefficient (Wildman–Crippen LogP) is 4.35. The molecule has 1 saturated carbocycles. The number of benzene rings is 2. The van der Waals surface area contributed by atoms with E-state index in [1.54, 1.807) is 0 Å². The summed E-state index contributed by atoms with van der Waals surface area (Å²) in [5, 5.41) is 9.75. The van der Waals surface area contributed by atoms with Crippen molar-refractivity contribution in [3.05, 3.63) is 66.1 Å². The Labute approximate surface area is 158 Å². The van der Waals surface area contributed by atoms with Gasteiger partial charge in [0.25, 0.3) is 0 Å². The van der Waals surface area contributed by atoms with Crippen LogP contribution in [0.1, 0.15) is 37.6 Å². The van der Waals surface area contributed by atoms with Gasteiger partial charge in [-0.3, -0.25) is 0 Å². The van der Waals surface area contributed by atoms with Crippen LogP contribution in [0, 0.1) is 0 Å². The van der Waals surface area contributed by atoms with Crippen molar-refractivity contribution in [2.24, 2.45) is 0 Å². The molecule has 0 aliphatic heterocycles. The molecule has 3 aromatic rings. The second-order valence-corrected chi connectivity index (χ2v) is 6.83. The number of aromatic nitrogens is 2. The first-order valence-corrected chi connectivity index (χ1v) is 9.26. The molecule has 0 radical (unpaired) electrons. The van der Waals surface area contributed by atoms with E-state index in [-0.39, 0.29) is 11.4 Å². The van der Waals surface area contributed by atoms with Crippen LogP contribution in [0.5, 0.6) is 0 Å². The first kappa shape index (κ1) is 17.3. The lowest BCUT2D eigenvalue weighted by molar-refractivity contribution is 0.252. The first-order valence-electron chi connectivity index (χ1n) is 9.26. The van der Waals surface area contributed by atoms with Gasteiger partial charge in [-0.15, -0.1) is 0 Å². The quantitative estimate of drug-likeness (QED) is 0.683. The lowest BCUT2D eigenvalue weighted by atomic mass is 9.96. The topological polar surface area (TPSA) is 80.0 Å². The van der Waals surface area contributed by atoms with Crippen molar-refractivity contribution < 1.29 is 9.32 Å². The summed E-state index contributed by atoms with van der Waals surface area (Å²) >= 11 is 0. The molecule has 27 heavy (non-hydrogen) atoms. The van der Waals surface area contributed by atoms with Crippen LogP contribution in [0.2, 0.25) is 0 Å². The third kappa shape index (κ3) is 3.56. The summed E-state index contributed by atoms with van der Waals surface area (Å²) in [4.78, 5) is 16.4. The molecule has 0 atom stereocenters. The maximum absolute atomic E-state index is 11.7. The van der Waals surface area contributed by atoms with Gasteiger partial charge in [0.1, 0.15) is 0 Å². The van der Waals surface area contributed by atoms with Crippen molar-refractivity contribution in [2.45, 2.75) is 31.6 Å². The fraction of sp³-hybridized carbons (Fsp3) is 0.286. The van der Waals surface area contributed by atoms with Gasteiger partial charge in [-0.05, 0) is 49.1 Å². The largest absolute Gasteiger partial charge is 0.338 e. The number of rotatable bonds is 6. The van der Waals surface area contributed by atoms with Crippen LogP contribution in [0.4, 0.5) is 10.5 Å². The molecule has 1 heterocycles. The number of nitrogens with one attached hydrogen (secondary N) is 2. The van der Waals surface area contributed by atoms with E-state index in [2.05, 4.69) is 32.9 Å². The SMILES string of the molecule is CCCNC(=O)Nc1ccc(-c2noc(C3(c4ccccc4)CC3)n2)cc1. The lowest BCUT2D eigenvalue weighted by Crippen LogP contribution is -2.29.